The number of rotatable bonds is 5. The van der Waals surface area contributed by atoms with Gasteiger partial charge in [-0.1, -0.05) is 30.3 Å². The first-order valence-electron chi connectivity index (χ1n) is 7.11. The Kier molecular flexibility index (Phi) is 5.63. The van der Waals surface area contributed by atoms with E-state index in [0.717, 1.165) is 12.8 Å². The number of esters is 1. The highest BCUT2D eigenvalue weighted by atomic mass is 32.2. The third-order valence-corrected chi connectivity index (χ3v) is 4.50. The first-order valence-corrected chi connectivity index (χ1v) is 8.22. The van der Waals surface area contributed by atoms with Crippen molar-refractivity contribution < 1.29 is 27.1 Å². The summed E-state index contributed by atoms with van der Waals surface area (Å²) in [4.78, 5) is 11.4. The van der Waals surface area contributed by atoms with Gasteiger partial charge in [-0.25, -0.2) is 4.21 Å². The van der Waals surface area contributed by atoms with Gasteiger partial charge in [0.15, 0.2) is 0 Å². The lowest BCUT2D eigenvalue weighted by molar-refractivity contribution is -0.154. The van der Waals surface area contributed by atoms with Gasteiger partial charge < -0.3 is 9.29 Å². The maximum atomic E-state index is 13.0. The molecule has 0 saturated heterocycles. The summed E-state index contributed by atoms with van der Waals surface area (Å²) in [7, 11) is 0. The molecular weight excluding hydrogens is 314 g/mol. The molecule has 1 aliphatic carbocycles. The van der Waals surface area contributed by atoms with Crippen LogP contribution in [0.2, 0.25) is 0 Å². The smallest absolute Gasteiger partial charge is 0.355 e. The Morgan fingerprint density at radius 1 is 1.23 bits per heavy atom. The lowest BCUT2D eigenvalue weighted by atomic mass is 9.83. The van der Waals surface area contributed by atoms with E-state index in [9.17, 15) is 17.8 Å². The van der Waals surface area contributed by atoms with Crippen LogP contribution in [-0.2, 0) is 20.6 Å². The first-order chi connectivity index (χ1) is 10.4. The number of hydrogen-bond donors (Lipinski definition) is 1. The highest BCUT2D eigenvalue weighted by Crippen LogP contribution is 2.34. The van der Waals surface area contributed by atoms with Gasteiger partial charge >= 0.3 is 11.2 Å². The molecule has 1 unspecified atom stereocenters. The van der Waals surface area contributed by atoms with E-state index in [1.165, 1.54) is 5.56 Å². The Bertz CT molecular complexity index is 528. The van der Waals surface area contributed by atoms with Crippen molar-refractivity contribution in [3.05, 3.63) is 35.9 Å². The number of carbonyl (C=O) groups excluding carboxylic acids is 1. The van der Waals surface area contributed by atoms with E-state index in [0.29, 0.717) is 18.8 Å². The van der Waals surface area contributed by atoms with Crippen molar-refractivity contribution in [3.8, 4) is 0 Å². The molecule has 7 heteroatoms. The molecule has 1 atom stereocenters. The fourth-order valence-electron chi connectivity index (χ4n) is 2.70. The predicted octanol–water partition coefficient (Wildman–Crippen LogP) is 3.46. The van der Waals surface area contributed by atoms with Crippen LogP contribution in [0.15, 0.2) is 30.3 Å². The number of carbonyl (C=O) groups is 1. The molecule has 1 aliphatic rings. The lowest BCUT2D eigenvalue weighted by Crippen LogP contribution is -2.30. The molecule has 0 bridgehead atoms. The zero-order chi connectivity index (χ0) is 16.2. The Morgan fingerprint density at radius 3 is 2.36 bits per heavy atom. The predicted molar refractivity (Wildman–Crippen MR) is 77.9 cm³/mol. The van der Waals surface area contributed by atoms with Crippen LogP contribution in [0, 0.1) is 0 Å². The maximum absolute atomic E-state index is 13.0. The second-order valence-electron chi connectivity index (χ2n) is 5.44. The minimum absolute atomic E-state index is 0.391. The molecule has 0 aromatic heterocycles. The average Bonchev–Trinajstić information content (AvgIpc) is 2.48. The highest BCUT2D eigenvalue weighted by molar-refractivity contribution is 7.80. The van der Waals surface area contributed by atoms with Crippen LogP contribution in [0.1, 0.15) is 43.6 Å². The number of halogens is 2. The molecule has 1 aromatic carbocycles. The van der Waals surface area contributed by atoms with Crippen LogP contribution in [0.3, 0.4) is 0 Å². The van der Waals surface area contributed by atoms with Crippen LogP contribution in [0.5, 0.6) is 0 Å². The molecule has 0 spiro atoms. The maximum Gasteiger partial charge on any atom is 0.355 e. The van der Waals surface area contributed by atoms with E-state index < -0.39 is 34.8 Å². The van der Waals surface area contributed by atoms with Crippen molar-refractivity contribution in [2.45, 2.75) is 49.4 Å². The Hall–Kier alpha value is -1.34. The molecule has 0 heterocycles. The third-order valence-electron chi connectivity index (χ3n) is 3.85. The van der Waals surface area contributed by atoms with Crippen LogP contribution < -0.4 is 0 Å². The average molecular weight is 332 g/mol. The summed E-state index contributed by atoms with van der Waals surface area (Å²) >= 11 is -3.37. The number of hydrogen-bond acceptors (Lipinski definition) is 3. The van der Waals surface area contributed by atoms with Crippen molar-refractivity contribution in [3.63, 3.8) is 0 Å². The zero-order valence-corrected chi connectivity index (χ0v) is 12.7. The molecule has 4 nitrogen and oxygen atoms in total. The van der Waals surface area contributed by atoms with Crippen molar-refractivity contribution in [1.82, 2.24) is 0 Å². The second kappa shape index (κ2) is 7.28. The van der Waals surface area contributed by atoms with Gasteiger partial charge in [0.2, 0.25) is 11.1 Å². The van der Waals surface area contributed by atoms with E-state index in [1.54, 1.807) is 0 Å². The van der Waals surface area contributed by atoms with Crippen molar-refractivity contribution in [2.75, 3.05) is 0 Å². The topological polar surface area (TPSA) is 63.6 Å². The summed E-state index contributed by atoms with van der Waals surface area (Å²) < 4.78 is 49.8. The van der Waals surface area contributed by atoms with Crippen molar-refractivity contribution in [1.29, 1.82) is 0 Å². The zero-order valence-electron chi connectivity index (χ0n) is 11.9. The summed E-state index contributed by atoms with van der Waals surface area (Å²) in [6.07, 6.45) is 1.11. The highest BCUT2D eigenvalue weighted by Gasteiger charge is 2.40. The summed E-state index contributed by atoms with van der Waals surface area (Å²) in [5, 5.41) is -3.96. The largest absolute Gasteiger partial charge is 0.462 e. The lowest BCUT2D eigenvalue weighted by Gasteiger charge is -2.28. The minimum atomic E-state index is -3.96. The first kappa shape index (κ1) is 17.0. The fraction of sp³-hybridized carbons (Fsp3) is 0.533. The number of alkyl halides is 2. The van der Waals surface area contributed by atoms with Crippen molar-refractivity contribution >= 4 is 17.0 Å². The molecule has 122 valence electrons. The quantitative estimate of drug-likeness (QED) is 0.662. The fourth-order valence-corrected chi connectivity index (χ4v) is 2.94. The number of ether oxygens (including phenoxy) is 1. The van der Waals surface area contributed by atoms with Gasteiger partial charge in [0.1, 0.15) is 12.5 Å². The SMILES string of the molecule is O=C(CC(F)(F)S(=O)O)OC1CCC(c2ccccc2)CC1. The molecule has 0 aliphatic heterocycles. The standard InChI is InChI=1S/C15H18F2O4S/c16-15(17,22(19)20)10-14(18)21-13-8-6-12(7-9-13)11-4-2-1-3-5-11/h1-5,12-13H,6-10H2,(H,19,20). The molecule has 1 fully saturated rings. The Morgan fingerprint density at radius 2 is 1.82 bits per heavy atom. The van der Waals surface area contributed by atoms with Crippen LogP contribution in [-0.4, -0.2) is 26.1 Å². The van der Waals surface area contributed by atoms with Gasteiger partial charge in [-0.15, -0.1) is 0 Å². The number of benzene rings is 1. The van der Waals surface area contributed by atoms with Gasteiger partial charge in [0, 0.05) is 0 Å². The van der Waals surface area contributed by atoms with E-state index >= 15 is 0 Å². The van der Waals surface area contributed by atoms with Gasteiger partial charge in [-0.2, -0.15) is 8.78 Å². The van der Waals surface area contributed by atoms with Gasteiger partial charge in [0.05, 0.1) is 0 Å². The van der Waals surface area contributed by atoms with E-state index in [-0.39, 0.29) is 0 Å². The monoisotopic (exact) mass is 332 g/mol. The van der Waals surface area contributed by atoms with Crippen LogP contribution in [0.25, 0.3) is 0 Å². The van der Waals surface area contributed by atoms with Crippen LogP contribution in [0.4, 0.5) is 8.78 Å². The van der Waals surface area contributed by atoms with E-state index in [4.69, 9.17) is 9.29 Å². The second-order valence-corrected chi connectivity index (χ2v) is 6.53. The molecule has 1 saturated carbocycles. The summed E-state index contributed by atoms with van der Waals surface area (Å²) in [6.45, 7) is 0. The summed E-state index contributed by atoms with van der Waals surface area (Å²) in [5.41, 5.74) is 1.23. The summed E-state index contributed by atoms with van der Waals surface area (Å²) in [5.74, 6) is -0.738. The summed E-state index contributed by atoms with van der Waals surface area (Å²) in [6, 6.07) is 9.99. The van der Waals surface area contributed by atoms with Crippen molar-refractivity contribution in [2.24, 2.45) is 0 Å². The van der Waals surface area contributed by atoms with Gasteiger partial charge in [0.25, 0.3) is 0 Å². The normalized spacial score (nSPS) is 23.8. The van der Waals surface area contributed by atoms with E-state index in [1.807, 2.05) is 30.3 Å². The minimum Gasteiger partial charge on any atom is -0.462 e. The molecule has 1 N–H and O–H groups in total. The Labute approximate surface area is 130 Å². The third kappa shape index (κ3) is 4.58. The molecule has 22 heavy (non-hydrogen) atoms. The van der Waals surface area contributed by atoms with E-state index in [2.05, 4.69) is 0 Å². The molecule has 0 amide bonds. The molecule has 1 aromatic rings. The molecular formula is C15H18F2O4S. The van der Waals surface area contributed by atoms with Crippen LogP contribution >= 0.6 is 0 Å². The van der Waals surface area contributed by atoms with Gasteiger partial charge in [-0.3, -0.25) is 4.79 Å². The van der Waals surface area contributed by atoms with Gasteiger partial charge in [-0.05, 0) is 37.2 Å². The Balaban J connectivity index is 1.80. The molecule has 2 rings (SSSR count). The molecule has 0 radical (unpaired) electrons.